The zero-order valence-corrected chi connectivity index (χ0v) is 11.1. The predicted octanol–water partition coefficient (Wildman–Crippen LogP) is 2.02. The van der Waals surface area contributed by atoms with Crippen molar-refractivity contribution in [2.75, 3.05) is 19.0 Å². The molecule has 1 atom stereocenters. The van der Waals surface area contributed by atoms with Crippen LogP contribution >= 0.6 is 12.2 Å². The topological polar surface area (TPSA) is 41.6 Å². The van der Waals surface area contributed by atoms with Gasteiger partial charge in [-0.1, -0.05) is 18.2 Å². The molecule has 18 heavy (non-hydrogen) atoms. The largest absolute Gasteiger partial charge is 0.467 e. The normalized spacial score (nSPS) is 18.5. The Morgan fingerprint density at radius 1 is 1.44 bits per heavy atom. The third-order valence-electron chi connectivity index (χ3n) is 3.01. The summed E-state index contributed by atoms with van der Waals surface area (Å²) in [6.07, 6.45) is 1.75. The molecule has 1 aromatic rings. The van der Waals surface area contributed by atoms with Crippen molar-refractivity contribution in [1.29, 1.82) is 0 Å². The molecular weight excluding hydrogens is 248 g/mol. The molecule has 96 valence electrons. The molecule has 0 bridgehead atoms. The third-order valence-corrected chi connectivity index (χ3v) is 3.35. The standard InChI is InChI=1S/C13H16N2O2S/c1-17-12(16)11-8-5-9-15(11)13(18)14-10-6-3-2-4-7-10/h2-4,6-7,11H,5,8-9H2,1H3,(H,14,18). The van der Waals surface area contributed by atoms with Gasteiger partial charge in [0.2, 0.25) is 0 Å². The summed E-state index contributed by atoms with van der Waals surface area (Å²) < 4.78 is 4.80. The van der Waals surface area contributed by atoms with Crippen molar-refractivity contribution in [3.63, 3.8) is 0 Å². The lowest BCUT2D eigenvalue weighted by Gasteiger charge is -2.25. The SMILES string of the molecule is COC(=O)C1CCCN1C(=S)Nc1ccccc1. The number of thiocarbonyl (C=S) groups is 1. The number of benzene rings is 1. The van der Waals surface area contributed by atoms with E-state index in [9.17, 15) is 4.79 Å². The fourth-order valence-corrected chi connectivity index (χ4v) is 2.44. The van der Waals surface area contributed by atoms with E-state index in [2.05, 4.69) is 5.32 Å². The van der Waals surface area contributed by atoms with Crippen molar-refractivity contribution in [2.24, 2.45) is 0 Å². The highest BCUT2D eigenvalue weighted by Crippen LogP contribution is 2.20. The van der Waals surface area contributed by atoms with Crippen LogP contribution in [0.25, 0.3) is 0 Å². The van der Waals surface area contributed by atoms with E-state index in [1.807, 2.05) is 35.2 Å². The summed E-state index contributed by atoms with van der Waals surface area (Å²) in [7, 11) is 1.41. The van der Waals surface area contributed by atoms with Crippen LogP contribution in [-0.2, 0) is 9.53 Å². The summed E-state index contributed by atoms with van der Waals surface area (Å²) in [5, 5.41) is 3.72. The first kappa shape index (κ1) is 12.8. The molecule has 1 saturated heterocycles. The zero-order chi connectivity index (χ0) is 13.0. The van der Waals surface area contributed by atoms with Gasteiger partial charge in [0.15, 0.2) is 5.11 Å². The molecule has 1 heterocycles. The van der Waals surface area contributed by atoms with Crippen molar-refractivity contribution in [3.05, 3.63) is 30.3 Å². The number of nitrogens with one attached hydrogen (secondary N) is 1. The van der Waals surface area contributed by atoms with E-state index in [4.69, 9.17) is 17.0 Å². The van der Waals surface area contributed by atoms with Crippen LogP contribution in [0, 0.1) is 0 Å². The number of likely N-dealkylation sites (tertiary alicyclic amines) is 1. The van der Waals surface area contributed by atoms with E-state index >= 15 is 0 Å². The quantitative estimate of drug-likeness (QED) is 0.654. The number of rotatable bonds is 2. The highest BCUT2D eigenvalue weighted by Gasteiger charge is 2.33. The number of carbonyl (C=O) groups is 1. The van der Waals surface area contributed by atoms with Gasteiger partial charge in [0.05, 0.1) is 7.11 Å². The summed E-state index contributed by atoms with van der Waals surface area (Å²) in [6, 6.07) is 9.45. The maximum Gasteiger partial charge on any atom is 0.328 e. The van der Waals surface area contributed by atoms with Gasteiger partial charge in [-0.2, -0.15) is 0 Å². The molecule has 5 heteroatoms. The zero-order valence-electron chi connectivity index (χ0n) is 10.3. The van der Waals surface area contributed by atoms with Gasteiger partial charge in [-0.3, -0.25) is 0 Å². The molecule has 1 aliphatic rings. The molecule has 2 rings (SSSR count). The minimum atomic E-state index is -0.251. The molecule has 0 amide bonds. The van der Waals surface area contributed by atoms with E-state index in [1.54, 1.807) is 0 Å². The van der Waals surface area contributed by atoms with Gasteiger partial charge in [0.25, 0.3) is 0 Å². The summed E-state index contributed by atoms with van der Waals surface area (Å²) >= 11 is 5.35. The van der Waals surface area contributed by atoms with Gasteiger partial charge in [-0.15, -0.1) is 0 Å². The van der Waals surface area contributed by atoms with Gasteiger partial charge < -0.3 is 15.0 Å². The van der Waals surface area contributed by atoms with Crippen LogP contribution in [0.5, 0.6) is 0 Å². The van der Waals surface area contributed by atoms with Gasteiger partial charge in [-0.25, -0.2) is 4.79 Å². The maximum atomic E-state index is 11.6. The monoisotopic (exact) mass is 264 g/mol. The maximum absolute atomic E-state index is 11.6. The Balaban J connectivity index is 2.02. The minimum Gasteiger partial charge on any atom is -0.467 e. The smallest absolute Gasteiger partial charge is 0.328 e. The Labute approximate surface area is 112 Å². The van der Waals surface area contributed by atoms with Crippen LogP contribution in [0.4, 0.5) is 5.69 Å². The number of esters is 1. The molecule has 1 fully saturated rings. The van der Waals surface area contributed by atoms with Crippen molar-refractivity contribution < 1.29 is 9.53 Å². The fourth-order valence-electron chi connectivity index (χ4n) is 2.11. The van der Waals surface area contributed by atoms with Crippen LogP contribution in [0.3, 0.4) is 0 Å². The average Bonchev–Trinajstić information content (AvgIpc) is 2.88. The van der Waals surface area contributed by atoms with E-state index in [0.29, 0.717) is 5.11 Å². The van der Waals surface area contributed by atoms with Crippen LogP contribution in [0.2, 0.25) is 0 Å². The first-order chi connectivity index (χ1) is 8.72. The molecule has 4 nitrogen and oxygen atoms in total. The second-order valence-corrected chi connectivity index (χ2v) is 4.56. The second-order valence-electron chi connectivity index (χ2n) is 4.17. The highest BCUT2D eigenvalue weighted by atomic mass is 32.1. The summed E-state index contributed by atoms with van der Waals surface area (Å²) in [5.74, 6) is -0.218. The summed E-state index contributed by atoms with van der Waals surface area (Å²) in [4.78, 5) is 13.5. The van der Waals surface area contributed by atoms with E-state index < -0.39 is 0 Å². The Kier molecular flexibility index (Phi) is 4.15. The molecule has 0 aromatic heterocycles. The number of hydrogen-bond acceptors (Lipinski definition) is 3. The lowest BCUT2D eigenvalue weighted by molar-refractivity contribution is -0.144. The van der Waals surface area contributed by atoms with Crippen molar-refractivity contribution >= 4 is 29.0 Å². The van der Waals surface area contributed by atoms with E-state index in [1.165, 1.54) is 7.11 Å². The Hall–Kier alpha value is -1.62. The van der Waals surface area contributed by atoms with E-state index in [-0.39, 0.29) is 12.0 Å². The number of para-hydroxylation sites is 1. The number of ether oxygens (including phenoxy) is 1. The summed E-state index contributed by atoms with van der Waals surface area (Å²) in [6.45, 7) is 0.790. The predicted molar refractivity (Wildman–Crippen MR) is 74.4 cm³/mol. The first-order valence-electron chi connectivity index (χ1n) is 5.93. The molecule has 0 spiro atoms. The van der Waals surface area contributed by atoms with Crippen LogP contribution < -0.4 is 5.32 Å². The van der Waals surface area contributed by atoms with Crippen molar-refractivity contribution in [1.82, 2.24) is 4.90 Å². The average molecular weight is 264 g/mol. The molecule has 1 aliphatic heterocycles. The first-order valence-corrected chi connectivity index (χ1v) is 6.33. The molecule has 1 aromatic carbocycles. The molecule has 1 unspecified atom stereocenters. The third kappa shape index (κ3) is 2.79. The van der Waals surface area contributed by atoms with Gasteiger partial charge in [0, 0.05) is 12.2 Å². The lowest BCUT2D eigenvalue weighted by atomic mass is 10.2. The van der Waals surface area contributed by atoms with Gasteiger partial charge in [0.1, 0.15) is 6.04 Å². The molecule has 1 N–H and O–H groups in total. The van der Waals surface area contributed by atoms with Crippen LogP contribution in [0.1, 0.15) is 12.8 Å². The number of hydrogen-bond donors (Lipinski definition) is 1. The minimum absolute atomic E-state index is 0.218. The lowest BCUT2D eigenvalue weighted by Crippen LogP contribution is -2.43. The van der Waals surface area contributed by atoms with Gasteiger partial charge in [-0.05, 0) is 37.2 Å². The number of anilines is 1. The Bertz CT molecular complexity index is 436. The number of carbonyl (C=O) groups excluding carboxylic acids is 1. The fraction of sp³-hybridized carbons (Fsp3) is 0.385. The second kappa shape index (κ2) is 5.82. The molecule has 0 aliphatic carbocycles. The number of methoxy groups -OCH3 is 1. The van der Waals surface area contributed by atoms with Gasteiger partial charge >= 0.3 is 5.97 Å². The summed E-state index contributed by atoms with van der Waals surface area (Å²) in [5.41, 5.74) is 0.929. The van der Waals surface area contributed by atoms with Crippen LogP contribution in [0.15, 0.2) is 30.3 Å². The molecule has 0 saturated carbocycles. The van der Waals surface area contributed by atoms with Crippen molar-refractivity contribution in [2.45, 2.75) is 18.9 Å². The molecular formula is C13H16N2O2S. The Morgan fingerprint density at radius 3 is 2.83 bits per heavy atom. The van der Waals surface area contributed by atoms with Crippen LogP contribution in [-0.4, -0.2) is 35.7 Å². The highest BCUT2D eigenvalue weighted by molar-refractivity contribution is 7.80. The Morgan fingerprint density at radius 2 is 2.17 bits per heavy atom. The van der Waals surface area contributed by atoms with Crippen molar-refractivity contribution in [3.8, 4) is 0 Å². The molecule has 0 radical (unpaired) electrons. The number of nitrogens with zero attached hydrogens (tertiary/aromatic N) is 1. The van der Waals surface area contributed by atoms with E-state index in [0.717, 1.165) is 25.1 Å².